The normalized spacial score (nSPS) is 20.4. The number of hydrogen-bond donors (Lipinski definition) is 1. The summed E-state index contributed by atoms with van der Waals surface area (Å²) in [4.78, 5) is 6.74. The second-order valence-corrected chi connectivity index (χ2v) is 4.28. The van der Waals surface area contributed by atoms with Crippen LogP contribution in [0, 0.1) is 6.92 Å². The minimum atomic E-state index is 0.605. The number of nitrogens with two attached hydrogens (primary N) is 1. The number of nitrogens with zero attached hydrogens (tertiary/aromatic N) is 2. The topological polar surface area (TPSA) is 42.1 Å². The van der Waals surface area contributed by atoms with Gasteiger partial charge in [-0.05, 0) is 51.5 Å². The van der Waals surface area contributed by atoms with Gasteiger partial charge in [-0.15, -0.1) is 0 Å². The van der Waals surface area contributed by atoms with Crippen LogP contribution in [-0.4, -0.2) is 30.0 Å². The Labute approximate surface area is 98.7 Å². The Bertz CT molecular complexity index is 295. The van der Waals surface area contributed by atoms with E-state index in [0.717, 1.165) is 12.2 Å². The van der Waals surface area contributed by atoms with Gasteiger partial charge in [-0.2, -0.15) is 0 Å². The minimum absolute atomic E-state index is 0.605. The van der Waals surface area contributed by atoms with Crippen molar-refractivity contribution < 1.29 is 0 Å². The predicted molar refractivity (Wildman–Crippen MR) is 68.3 cm³/mol. The highest BCUT2D eigenvalue weighted by molar-refractivity contribution is 5.18. The van der Waals surface area contributed by atoms with Crippen LogP contribution in [0.15, 0.2) is 18.3 Å². The van der Waals surface area contributed by atoms with Gasteiger partial charge in [0.2, 0.25) is 0 Å². The van der Waals surface area contributed by atoms with Crippen LogP contribution in [0.25, 0.3) is 0 Å². The molecule has 1 aliphatic heterocycles. The molecule has 1 aromatic rings. The summed E-state index contributed by atoms with van der Waals surface area (Å²) in [6, 6.07) is 4.91. The minimum Gasteiger partial charge on any atom is -0.331 e. The highest BCUT2D eigenvalue weighted by atomic mass is 15.1. The van der Waals surface area contributed by atoms with E-state index in [1.165, 1.54) is 24.9 Å². The molecule has 3 heteroatoms. The smallest absolute Gasteiger partial charge is 0.0372 e. The second kappa shape index (κ2) is 6.61. The third kappa shape index (κ3) is 3.58. The molecule has 3 nitrogen and oxygen atoms in total. The van der Waals surface area contributed by atoms with Crippen molar-refractivity contribution in [3.05, 3.63) is 29.6 Å². The average molecular weight is 221 g/mol. The zero-order chi connectivity index (χ0) is 12.0. The molecule has 0 radical (unpaired) electrons. The number of likely N-dealkylation sites (tertiary alicyclic amines) is 1. The maximum atomic E-state index is 4.85. The fourth-order valence-corrected chi connectivity index (χ4v) is 2.01. The van der Waals surface area contributed by atoms with E-state index >= 15 is 0 Å². The standard InChI is InChI=1S/C11H16N2.C2H7N/c1-9-5-6-10(8-12-9)11-4-3-7-13(11)2;1-2-3/h5-6,8,11H,3-4,7H2,1-2H3;2-3H2,1H3. The third-order valence-corrected chi connectivity index (χ3v) is 2.84. The van der Waals surface area contributed by atoms with Crippen molar-refractivity contribution in [1.29, 1.82) is 0 Å². The van der Waals surface area contributed by atoms with Crippen molar-refractivity contribution in [2.24, 2.45) is 5.73 Å². The maximum Gasteiger partial charge on any atom is 0.0372 e. The Kier molecular flexibility index (Phi) is 5.43. The lowest BCUT2D eigenvalue weighted by atomic mass is 10.1. The van der Waals surface area contributed by atoms with Crippen LogP contribution in [0.4, 0.5) is 0 Å². The summed E-state index contributed by atoms with van der Waals surface area (Å²) >= 11 is 0. The summed E-state index contributed by atoms with van der Waals surface area (Å²) in [6.45, 7) is 5.90. The Balaban J connectivity index is 0.000000386. The zero-order valence-corrected chi connectivity index (χ0v) is 10.6. The van der Waals surface area contributed by atoms with E-state index in [1.54, 1.807) is 0 Å². The Morgan fingerprint density at radius 2 is 2.19 bits per heavy atom. The van der Waals surface area contributed by atoms with Gasteiger partial charge < -0.3 is 5.73 Å². The van der Waals surface area contributed by atoms with E-state index in [9.17, 15) is 0 Å². The fraction of sp³-hybridized carbons (Fsp3) is 0.615. The van der Waals surface area contributed by atoms with Gasteiger partial charge in [0.1, 0.15) is 0 Å². The average Bonchev–Trinajstić information content (AvgIpc) is 2.67. The second-order valence-electron chi connectivity index (χ2n) is 4.28. The van der Waals surface area contributed by atoms with Crippen molar-refractivity contribution in [2.75, 3.05) is 20.1 Å². The highest BCUT2D eigenvalue weighted by Gasteiger charge is 2.22. The van der Waals surface area contributed by atoms with Crippen LogP contribution in [0.1, 0.15) is 37.1 Å². The third-order valence-electron chi connectivity index (χ3n) is 2.84. The molecule has 0 spiro atoms. The van der Waals surface area contributed by atoms with Gasteiger partial charge >= 0.3 is 0 Å². The molecule has 2 rings (SSSR count). The van der Waals surface area contributed by atoms with E-state index in [1.807, 2.05) is 20.0 Å². The summed E-state index contributed by atoms with van der Waals surface area (Å²) in [5.41, 5.74) is 7.31. The molecule has 1 aliphatic rings. The molecule has 2 heterocycles. The van der Waals surface area contributed by atoms with Crippen LogP contribution < -0.4 is 5.73 Å². The van der Waals surface area contributed by atoms with E-state index in [2.05, 4.69) is 29.1 Å². The lowest BCUT2D eigenvalue weighted by Crippen LogP contribution is -2.17. The monoisotopic (exact) mass is 221 g/mol. The first-order valence-corrected chi connectivity index (χ1v) is 6.02. The van der Waals surface area contributed by atoms with Crippen molar-refractivity contribution in [3.63, 3.8) is 0 Å². The summed E-state index contributed by atoms with van der Waals surface area (Å²) < 4.78 is 0. The molecule has 90 valence electrons. The lowest BCUT2D eigenvalue weighted by Gasteiger charge is -2.19. The van der Waals surface area contributed by atoms with Gasteiger partial charge in [0.05, 0.1) is 0 Å². The van der Waals surface area contributed by atoms with Crippen LogP contribution in [-0.2, 0) is 0 Å². The molecule has 16 heavy (non-hydrogen) atoms. The first kappa shape index (κ1) is 13.1. The summed E-state index contributed by atoms with van der Waals surface area (Å²) in [5, 5.41) is 0. The number of rotatable bonds is 1. The number of aromatic nitrogens is 1. The summed E-state index contributed by atoms with van der Waals surface area (Å²) in [5.74, 6) is 0. The quantitative estimate of drug-likeness (QED) is 0.790. The molecular weight excluding hydrogens is 198 g/mol. The van der Waals surface area contributed by atoms with E-state index < -0.39 is 0 Å². The highest BCUT2D eigenvalue weighted by Crippen LogP contribution is 2.29. The van der Waals surface area contributed by atoms with E-state index in [4.69, 9.17) is 5.73 Å². The molecule has 1 atom stereocenters. The van der Waals surface area contributed by atoms with Crippen LogP contribution in [0.2, 0.25) is 0 Å². The first-order valence-electron chi connectivity index (χ1n) is 6.02. The molecule has 1 unspecified atom stereocenters. The molecule has 1 fully saturated rings. The Morgan fingerprint density at radius 3 is 2.62 bits per heavy atom. The van der Waals surface area contributed by atoms with E-state index in [-0.39, 0.29) is 0 Å². The fourth-order valence-electron chi connectivity index (χ4n) is 2.01. The molecule has 0 aromatic carbocycles. The van der Waals surface area contributed by atoms with Crippen molar-refractivity contribution in [2.45, 2.75) is 32.7 Å². The molecule has 0 saturated carbocycles. The molecule has 1 saturated heterocycles. The molecule has 0 aliphatic carbocycles. The molecule has 1 aromatic heterocycles. The van der Waals surface area contributed by atoms with Crippen molar-refractivity contribution in [1.82, 2.24) is 9.88 Å². The van der Waals surface area contributed by atoms with Crippen molar-refractivity contribution >= 4 is 0 Å². The molecule has 2 N–H and O–H groups in total. The van der Waals surface area contributed by atoms with Crippen LogP contribution in [0.5, 0.6) is 0 Å². The predicted octanol–water partition coefficient (Wildman–Crippen LogP) is 2.12. The Hall–Kier alpha value is -0.930. The largest absolute Gasteiger partial charge is 0.331 e. The van der Waals surface area contributed by atoms with Gasteiger partial charge in [0.15, 0.2) is 0 Å². The van der Waals surface area contributed by atoms with Gasteiger partial charge in [0, 0.05) is 17.9 Å². The molecular formula is C13H23N3. The van der Waals surface area contributed by atoms with Crippen LogP contribution in [0.3, 0.4) is 0 Å². The summed E-state index contributed by atoms with van der Waals surface area (Å²) in [6.07, 6.45) is 4.61. The summed E-state index contributed by atoms with van der Waals surface area (Å²) in [7, 11) is 2.19. The SMILES string of the molecule is CCN.Cc1ccc(C2CCCN2C)cn1. The van der Waals surface area contributed by atoms with Gasteiger partial charge in [0.25, 0.3) is 0 Å². The molecule has 0 bridgehead atoms. The zero-order valence-electron chi connectivity index (χ0n) is 10.6. The van der Waals surface area contributed by atoms with Gasteiger partial charge in [-0.3, -0.25) is 9.88 Å². The van der Waals surface area contributed by atoms with Gasteiger partial charge in [-0.25, -0.2) is 0 Å². The maximum absolute atomic E-state index is 4.85. The first-order chi connectivity index (χ1) is 7.69. The molecule has 0 amide bonds. The van der Waals surface area contributed by atoms with Crippen molar-refractivity contribution in [3.8, 4) is 0 Å². The number of aryl methyl sites for hydroxylation is 1. The number of pyridine rings is 1. The van der Waals surface area contributed by atoms with E-state index in [0.29, 0.717) is 6.04 Å². The van der Waals surface area contributed by atoms with Gasteiger partial charge in [-0.1, -0.05) is 13.0 Å². The van der Waals surface area contributed by atoms with Crippen LogP contribution >= 0.6 is 0 Å². The lowest BCUT2D eigenvalue weighted by molar-refractivity contribution is 0.317. The number of hydrogen-bond acceptors (Lipinski definition) is 3. The Morgan fingerprint density at radius 1 is 1.50 bits per heavy atom.